The van der Waals surface area contributed by atoms with Gasteiger partial charge in [0.15, 0.2) is 0 Å². The number of aromatic hydroxyl groups is 1. The highest BCUT2D eigenvalue weighted by Gasteiger charge is 2.40. The fourth-order valence-electron chi connectivity index (χ4n) is 6.49. The number of benzene rings is 1. The minimum atomic E-state index is -1.21. The van der Waals surface area contributed by atoms with Crippen molar-refractivity contribution in [3.63, 3.8) is 0 Å². The number of likely N-dealkylation sites (tertiary alicyclic amines) is 1. The summed E-state index contributed by atoms with van der Waals surface area (Å²) in [4.78, 5) is 83.3. The third-order valence-corrected chi connectivity index (χ3v) is 9.72. The Morgan fingerprint density at radius 2 is 1.52 bits per heavy atom. The molecule has 0 aromatic heterocycles. The summed E-state index contributed by atoms with van der Waals surface area (Å²) < 4.78 is 0. The maximum absolute atomic E-state index is 14.1. The number of unbranched alkanes of at least 4 members (excludes halogenated alkanes) is 2. The minimum Gasteiger partial charge on any atom is -0.508 e. The van der Waals surface area contributed by atoms with E-state index in [4.69, 9.17) is 17.2 Å². The molecular weight excluding hydrogens is 696 g/mol. The lowest BCUT2D eigenvalue weighted by Gasteiger charge is -2.33. The first-order chi connectivity index (χ1) is 25.6. The van der Waals surface area contributed by atoms with Gasteiger partial charge in [0.25, 0.3) is 0 Å². The van der Waals surface area contributed by atoms with Crippen LogP contribution in [-0.4, -0.2) is 118 Å². The van der Waals surface area contributed by atoms with Gasteiger partial charge in [-0.2, -0.15) is 0 Å². The van der Waals surface area contributed by atoms with E-state index in [1.165, 1.54) is 21.9 Å². The van der Waals surface area contributed by atoms with E-state index >= 15 is 0 Å². The average Bonchev–Trinajstić information content (AvgIpc) is 3.63. The van der Waals surface area contributed by atoms with Crippen molar-refractivity contribution in [2.24, 2.45) is 29.0 Å². The highest BCUT2D eigenvalue weighted by atomic mass is 16.4. The van der Waals surface area contributed by atoms with Gasteiger partial charge < -0.3 is 53.2 Å². The highest BCUT2D eigenvalue weighted by Crippen LogP contribution is 2.21. The Morgan fingerprint density at radius 1 is 0.889 bits per heavy atom. The molecule has 0 spiro atoms. The molecule has 1 aliphatic heterocycles. The maximum Gasteiger partial charge on any atom is 0.323 e. The zero-order chi connectivity index (χ0) is 40.4. The lowest BCUT2D eigenvalue weighted by atomic mass is 9.96. The zero-order valence-electron chi connectivity index (χ0n) is 32.4. The SMILES string of the molecule is CC[C@H](C)[C@H](NC(=O)[C@H](Cc1ccc(O)cc1)NC(=O)[C@@H]1CCCN1C(=O)[C@H](CCCCN)NC(=O)[C@@H](N)CCCCN)C(=O)N(CC(=O)O)CC(C)C. The van der Waals surface area contributed by atoms with Gasteiger partial charge in [-0.25, -0.2) is 0 Å². The van der Waals surface area contributed by atoms with Crippen molar-refractivity contribution in [3.8, 4) is 5.75 Å². The van der Waals surface area contributed by atoms with Gasteiger partial charge in [0.05, 0.1) is 6.04 Å². The number of carboxylic acid groups (broad SMARTS) is 1. The summed E-state index contributed by atoms with van der Waals surface area (Å²) in [6, 6.07) is 1.13. The molecular formula is C38H64N8O8. The Hall–Kier alpha value is -4.28. The molecule has 5 amide bonds. The van der Waals surface area contributed by atoms with E-state index in [0.29, 0.717) is 76.4 Å². The number of hydrogen-bond donors (Lipinski definition) is 8. The van der Waals surface area contributed by atoms with Crippen LogP contribution in [0.4, 0.5) is 0 Å². The fourth-order valence-corrected chi connectivity index (χ4v) is 6.49. The topological polar surface area (TPSA) is 264 Å². The summed E-state index contributed by atoms with van der Waals surface area (Å²) in [6.45, 7) is 8.12. The molecule has 0 bridgehead atoms. The Bertz CT molecular complexity index is 1380. The summed E-state index contributed by atoms with van der Waals surface area (Å²) in [5, 5.41) is 27.8. The molecule has 1 saturated heterocycles. The molecule has 6 atom stereocenters. The van der Waals surface area contributed by atoms with Gasteiger partial charge in [0.2, 0.25) is 29.5 Å². The van der Waals surface area contributed by atoms with Gasteiger partial charge in [-0.1, -0.05) is 52.7 Å². The van der Waals surface area contributed by atoms with Crippen LogP contribution in [0.2, 0.25) is 0 Å². The second-order valence-electron chi connectivity index (χ2n) is 14.7. The van der Waals surface area contributed by atoms with E-state index in [-0.39, 0.29) is 37.1 Å². The molecule has 1 aliphatic rings. The number of aliphatic carboxylic acids is 1. The molecule has 1 heterocycles. The van der Waals surface area contributed by atoms with Crippen molar-refractivity contribution in [3.05, 3.63) is 29.8 Å². The third kappa shape index (κ3) is 14.9. The maximum atomic E-state index is 14.1. The molecule has 0 unspecified atom stereocenters. The lowest BCUT2D eigenvalue weighted by molar-refractivity contribution is -0.147. The molecule has 16 heteroatoms. The molecule has 0 aliphatic carbocycles. The molecule has 1 aromatic rings. The minimum absolute atomic E-state index is 0.00934. The monoisotopic (exact) mass is 760 g/mol. The lowest BCUT2D eigenvalue weighted by Crippen LogP contribution is -2.60. The highest BCUT2D eigenvalue weighted by molar-refractivity contribution is 5.96. The van der Waals surface area contributed by atoms with E-state index < -0.39 is 72.3 Å². The number of rotatable bonds is 24. The summed E-state index contributed by atoms with van der Waals surface area (Å²) in [6.07, 6.45) is 4.60. The van der Waals surface area contributed by atoms with Crippen LogP contribution in [-0.2, 0) is 35.2 Å². The van der Waals surface area contributed by atoms with Crippen molar-refractivity contribution in [1.29, 1.82) is 0 Å². The number of nitrogens with zero attached hydrogens (tertiary/aromatic N) is 2. The predicted molar refractivity (Wildman–Crippen MR) is 205 cm³/mol. The van der Waals surface area contributed by atoms with E-state index in [9.17, 15) is 39.0 Å². The molecule has 0 saturated carbocycles. The molecule has 16 nitrogen and oxygen atoms in total. The molecule has 54 heavy (non-hydrogen) atoms. The van der Waals surface area contributed by atoms with Crippen LogP contribution in [0.15, 0.2) is 24.3 Å². The van der Waals surface area contributed by atoms with Crippen molar-refractivity contribution in [1.82, 2.24) is 25.8 Å². The molecule has 11 N–H and O–H groups in total. The number of hydrogen-bond acceptors (Lipinski definition) is 10. The molecule has 304 valence electrons. The van der Waals surface area contributed by atoms with Gasteiger partial charge in [-0.3, -0.25) is 28.8 Å². The first kappa shape index (κ1) is 45.9. The number of carbonyl (C=O) groups excluding carboxylic acids is 5. The van der Waals surface area contributed by atoms with Gasteiger partial charge in [0, 0.05) is 19.5 Å². The van der Waals surface area contributed by atoms with Gasteiger partial charge in [-0.05, 0) is 87.6 Å². The Labute approximate surface area is 319 Å². The van der Waals surface area contributed by atoms with Crippen LogP contribution in [0, 0.1) is 11.8 Å². The predicted octanol–water partition coefficient (Wildman–Crippen LogP) is 0.581. The number of carboxylic acids is 1. The molecule has 0 radical (unpaired) electrons. The van der Waals surface area contributed by atoms with E-state index in [2.05, 4.69) is 16.0 Å². The van der Waals surface area contributed by atoms with Gasteiger partial charge in [0.1, 0.15) is 36.5 Å². The van der Waals surface area contributed by atoms with E-state index in [0.717, 1.165) is 0 Å². The van der Waals surface area contributed by atoms with Crippen molar-refractivity contribution in [2.45, 2.75) is 122 Å². The summed E-state index contributed by atoms with van der Waals surface area (Å²) in [5.74, 6) is -4.27. The normalized spacial score (nSPS) is 16.9. The quantitative estimate of drug-likeness (QED) is 0.0676. The first-order valence-corrected chi connectivity index (χ1v) is 19.3. The number of phenols is 1. The summed E-state index contributed by atoms with van der Waals surface area (Å²) >= 11 is 0. The largest absolute Gasteiger partial charge is 0.508 e. The Morgan fingerprint density at radius 3 is 2.09 bits per heavy atom. The zero-order valence-corrected chi connectivity index (χ0v) is 32.4. The standard InChI is InChI=1S/C38H64N8O8/c1-5-25(4)33(38(54)45(22-24(2)3)23-32(48)49)44-35(51)30(21-26-14-16-27(47)17-15-26)43-36(52)31-13-10-20-46(31)37(53)29(12-7-9-19-40)42-34(50)28(41)11-6-8-18-39/h14-17,24-25,28-31,33,47H,5-13,18-23,39-41H2,1-4H3,(H,42,50)(H,43,52)(H,44,51)(H,48,49)/t25-,28-,29-,30-,31-,33-/m0/s1. The summed E-state index contributed by atoms with van der Waals surface area (Å²) in [7, 11) is 0. The number of carbonyl (C=O) groups is 6. The number of amides is 5. The second kappa shape index (κ2) is 23.5. The van der Waals surface area contributed by atoms with Crippen molar-refractivity contribution < 1.29 is 39.0 Å². The fraction of sp³-hybridized carbons (Fsp3) is 0.684. The molecule has 1 fully saturated rings. The Balaban J connectivity index is 2.37. The van der Waals surface area contributed by atoms with E-state index in [1.807, 2.05) is 20.8 Å². The van der Waals surface area contributed by atoms with Crippen molar-refractivity contribution in [2.75, 3.05) is 32.7 Å². The van der Waals surface area contributed by atoms with Crippen LogP contribution in [0.3, 0.4) is 0 Å². The van der Waals surface area contributed by atoms with Crippen LogP contribution in [0.5, 0.6) is 5.75 Å². The van der Waals surface area contributed by atoms with Crippen LogP contribution < -0.4 is 33.2 Å². The average molecular weight is 761 g/mol. The summed E-state index contributed by atoms with van der Waals surface area (Å²) in [5.41, 5.74) is 18.0. The second-order valence-corrected chi connectivity index (χ2v) is 14.7. The van der Waals surface area contributed by atoms with Gasteiger partial charge in [-0.15, -0.1) is 0 Å². The smallest absolute Gasteiger partial charge is 0.323 e. The van der Waals surface area contributed by atoms with Crippen LogP contribution in [0.25, 0.3) is 0 Å². The van der Waals surface area contributed by atoms with Crippen LogP contribution in [0.1, 0.15) is 91.0 Å². The van der Waals surface area contributed by atoms with E-state index in [1.54, 1.807) is 19.1 Å². The Kier molecular flexibility index (Phi) is 20.0. The van der Waals surface area contributed by atoms with Crippen molar-refractivity contribution >= 4 is 35.5 Å². The molecule has 1 aromatic carbocycles. The molecule has 2 rings (SSSR count). The third-order valence-electron chi connectivity index (χ3n) is 9.72. The van der Waals surface area contributed by atoms with Crippen LogP contribution >= 0.6 is 0 Å². The number of phenolic OH excluding ortho intramolecular Hbond substituents is 1. The number of nitrogens with two attached hydrogens (primary N) is 3. The first-order valence-electron chi connectivity index (χ1n) is 19.3. The number of nitrogens with one attached hydrogen (secondary N) is 3. The van der Waals surface area contributed by atoms with Gasteiger partial charge >= 0.3 is 5.97 Å².